The van der Waals surface area contributed by atoms with Crippen molar-refractivity contribution in [3.05, 3.63) is 5.82 Å². The molecule has 140 valence electrons. The third kappa shape index (κ3) is 4.39. The molecule has 0 spiro atoms. The summed E-state index contributed by atoms with van der Waals surface area (Å²) in [4.78, 5) is 15.5. The number of rotatable bonds is 4. The second-order valence-corrected chi connectivity index (χ2v) is 8.79. The van der Waals surface area contributed by atoms with Crippen LogP contribution in [0.15, 0.2) is 0 Å². The Labute approximate surface area is 151 Å². The molecule has 2 aliphatic carbocycles. The van der Waals surface area contributed by atoms with E-state index in [0.717, 1.165) is 31.5 Å². The molecular formula is C19H33N5O. The van der Waals surface area contributed by atoms with E-state index in [2.05, 4.69) is 41.2 Å². The van der Waals surface area contributed by atoms with Crippen molar-refractivity contribution >= 4 is 5.91 Å². The van der Waals surface area contributed by atoms with Gasteiger partial charge in [-0.2, -0.15) is 0 Å². The number of hydrogen-bond donors (Lipinski definition) is 0. The summed E-state index contributed by atoms with van der Waals surface area (Å²) in [5.41, 5.74) is -0.162. The predicted molar refractivity (Wildman–Crippen MR) is 97.1 cm³/mol. The zero-order valence-electron chi connectivity index (χ0n) is 16.1. The Morgan fingerprint density at radius 2 is 1.52 bits per heavy atom. The zero-order valence-corrected chi connectivity index (χ0v) is 16.1. The lowest BCUT2D eigenvalue weighted by Crippen LogP contribution is -2.50. The molecule has 1 aromatic heterocycles. The summed E-state index contributed by atoms with van der Waals surface area (Å²) in [6.07, 6.45) is 12.2. The lowest BCUT2D eigenvalue weighted by Gasteiger charge is -2.42. The fourth-order valence-corrected chi connectivity index (χ4v) is 4.48. The van der Waals surface area contributed by atoms with Crippen LogP contribution in [-0.4, -0.2) is 43.1 Å². The topological polar surface area (TPSA) is 63.9 Å². The average molecular weight is 348 g/mol. The van der Waals surface area contributed by atoms with Gasteiger partial charge < -0.3 is 4.90 Å². The smallest absolute Gasteiger partial charge is 0.244 e. The molecule has 6 nitrogen and oxygen atoms in total. The molecule has 2 fully saturated rings. The first-order valence-corrected chi connectivity index (χ1v) is 10.0. The highest BCUT2D eigenvalue weighted by molar-refractivity contribution is 5.76. The van der Waals surface area contributed by atoms with Crippen LogP contribution in [0.3, 0.4) is 0 Å². The molecule has 0 aliphatic heterocycles. The van der Waals surface area contributed by atoms with E-state index in [1.807, 2.05) is 0 Å². The van der Waals surface area contributed by atoms with Crippen molar-refractivity contribution in [3.8, 4) is 0 Å². The number of aromatic nitrogens is 4. The van der Waals surface area contributed by atoms with Crippen LogP contribution in [-0.2, 0) is 16.8 Å². The zero-order chi connectivity index (χ0) is 17.9. The van der Waals surface area contributed by atoms with Gasteiger partial charge in [-0.05, 0) is 36.1 Å². The van der Waals surface area contributed by atoms with Gasteiger partial charge in [0.25, 0.3) is 0 Å². The maximum absolute atomic E-state index is 13.3. The molecule has 0 radical (unpaired) electrons. The maximum Gasteiger partial charge on any atom is 0.244 e. The van der Waals surface area contributed by atoms with E-state index in [1.54, 1.807) is 4.68 Å². The Morgan fingerprint density at radius 1 is 1.00 bits per heavy atom. The van der Waals surface area contributed by atoms with Gasteiger partial charge in [-0.3, -0.25) is 4.79 Å². The first-order chi connectivity index (χ1) is 12.0. The minimum absolute atomic E-state index is 0.162. The monoisotopic (exact) mass is 347 g/mol. The van der Waals surface area contributed by atoms with Crippen LogP contribution >= 0.6 is 0 Å². The van der Waals surface area contributed by atoms with Crippen LogP contribution in [0.1, 0.15) is 90.8 Å². The number of nitrogens with zero attached hydrogens (tertiary/aromatic N) is 5. The normalized spacial score (nSPS) is 20.6. The first kappa shape index (κ1) is 18.3. The summed E-state index contributed by atoms with van der Waals surface area (Å²) in [5, 5.41) is 12.1. The van der Waals surface area contributed by atoms with Crippen molar-refractivity contribution in [2.45, 2.75) is 109 Å². The van der Waals surface area contributed by atoms with E-state index >= 15 is 0 Å². The maximum atomic E-state index is 13.3. The van der Waals surface area contributed by atoms with Crippen LogP contribution in [0.5, 0.6) is 0 Å². The Morgan fingerprint density at radius 3 is 2.00 bits per heavy atom. The highest BCUT2D eigenvalue weighted by Gasteiger charge is 2.33. The van der Waals surface area contributed by atoms with Crippen molar-refractivity contribution < 1.29 is 4.79 Å². The second kappa shape index (κ2) is 7.83. The minimum Gasteiger partial charge on any atom is -0.335 e. The Balaban J connectivity index is 1.78. The number of hydrogen-bond acceptors (Lipinski definition) is 4. The standard InChI is InChI=1S/C19H33N5O/c1-19(2,3)18-20-21-22-23(18)14-17(25)24(15-10-6-4-7-11-15)16-12-8-5-9-13-16/h15-16H,4-14H2,1-3H3. The summed E-state index contributed by atoms with van der Waals surface area (Å²) in [6, 6.07) is 0.831. The molecule has 6 heteroatoms. The van der Waals surface area contributed by atoms with E-state index in [9.17, 15) is 4.79 Å². The molecule has 0 unspecified atom stereocenters. The van der Waals surface area contributed by atoms with E-state index < -0.39 is 0 Å². The van der Waals surface area contributed by atoms with Crippen molar-refractivity contribution in [3.63, 3.8) is 0 Å². The molecule has 0 bridgehead atoms. The van der Waals surface area contributed by atoms with Gasteiger partial charge in [-0.25, -0.2) is 4.68 Å². The fourth-order valence-electron chi connectivity index (χ4n) is 4.48. The van der Waals surface area contributed by atoms with Crippen LogP contribution in [0.2, 0.25) is 0 Å². The molecule has 2 saturated carbocycles. The van der Waals surface area contributed by atoms with Gasteiger partial charge in [0.1, 0.15) is 6.54 Å². The quantitative estimate of drug-likeness (QED) is 0.836. The Hall–Kier alpha value is -1.46. The number of tetrazole rings is 1. The number of carbonyl (C=O) groups is 1. The molecule has 0 atom stereocenters. The van der Waals surface area contributed by atoms with Crippen LogP contribution < -0.4 is 0 Å². The summed E-state index contributed by atoms with van der Waals surface area (Å²) < 4.78 is 1.71. The molecule has 0 aromatic carbocycles. The molecule has 1 heterocycles. The van der Waals surface area contributed by atoms with Crippen LogP contribution in [0.25, 0.3) is 0 Å². The number of amides is 1. The van der Waals surface area contributed by atoms with Crippen molar-refractivity contribution in [2.24, 2.45) is 0 Å². The van der Waals surface area contributed by atoms with Gasteiger partial charge in [-0.15, -0.1) is 5.10 Å². The van der Waals surface area contributed by atoms with Crippen molar-refractivity contribution in [1.29, 1.82) is 0 Å². The van der Waals surface area contributed by atoms with Gasteiger partial charge in [0.05, 0.1) is 0 Å². The summed E-state index contributed by atoms with van der Waals surface area (Å²) in [6.45, 7) is 6.52. The van der Waals surface area contributed by atoms with E-state index in [1.165, 1.54) is 38.5 Å². The van der Waals surface area contributed by atoms with E-state index in [0.29, 0.717) is 12.1 Å². The van der Waals surface area contributed by atoms with Gasteiger partial charge in [0.2, 0.25) is 5.91 Å². The molecule has 1 amide bonds. The summed E-state index contributed by atoms with van der Waals surface area (Å²) >= 11 is 0. The van der Waals surface area contributed by atoms with E-state index in [4.69, 9.17) is 0 Å². The van der Waals surface area contributed by atoms with Gasteiger partial charge in [0, 0.05) is 17.5 Å². The molecule has 1 aromatic rings. The highest BCUT2D eigenvalue weighted by atomic mass is 16.2. The molecule has 2 aliphatic rings. The molecule has 3 rings (SSSR count). The van der Waals surface area contributed by atoms with E-state index in [-0.39, 0.29) is 17.9 Å². The van der Waals surface area contributed by atoms with Gasteiger partial charge in [-0.1, -0.05) is 59.3 Å². The lowest BCUT2D eigenvalue weighted by atomic mass is 9.88. The van der Waals surface area contributed by atoms with Gasteiger partial charge >= 0.3 is 0 Å². The Bertz CT molecular complexity index is 547. The summed E-state index contributed by atoms with van der Waals surface area (Å²) in [7, 11) is 0. The predicted octanol–water partition coefficient (Wildman–Crippen LogP) is 3.46. The first-order valence-electron chi connectivity index (χ1n) is 10.0. The Kier molecular flexibility index (Phi) is 5.74. The van der Waals surface area contributed by atoms with Gasteiger partial charge in [0.15, 0.2) is 5.82 Å². The SMILES string of the molecule is CC(C)(C)c1nnnn1CC(=O)N(C1CCCCC1)C1CCCCC1. The molecule has 0 saturated heterocycles. The van der Waals surface area contributed by atoms with Crippen LogP contribution in [0, 0.1) is 0 Å². The third-order valence-corrected chi connectivity index (χ3v) is 5.71. The fraction of sp³-hybridized carbons (Fsp3) is 0.895. The van der Waals surface area contributed by atoms with Crippen LogP contribution in [0.4, 0.5) is 0 Å². The second-order valence-electron chi connectivity index (χ2n) is 8.79. The number of carbonyl (C=O) groups excluding carboxylic acids is 1. The molecule has 25 heavy (non-hydrogen) atoms. The highest BCUT2D eigenvalue weighted by Crippen LogP contribution is 2.30. The van der Waals surface area contributed by atoms with Crippen molar-refractivity contribution in [2.75, 3.05) is 0 Å². The largest absolute Gasteiger partial charge is 0.335 e. The lowest BCUT2D eigenvalue weighted by molar-refractivity contribution is -0.139. The minimum atomic E-state index is -0.162. The van der Waals surface area contributed by atoms with Crippen molar-refractivity contribution in [1.82, 2.24) is 25.1 Å². The molecule has 0 N–H and O–H groups in total. The molecular weight excluding hydrogens is 314 g/mol. The summed E-state index contributed by atoms with van der Waals surface area (Å²) in [5.74, 6) is 0.990. The average Bonchev–Trinajstić information content (AvgIpc) is 3.05. The third-order valence-electron chi connectivity index (χ3n) is 5.71.